The molecule has 1 amide bonds. The molecule has 0 spiro atoms. The first kappa shape index (κ1) is 19.7. The highest BCUT2D eigenvalue weighted by Gasteiger charge is 2.24. The van der Waals surface area contributed by atoms with Crippen molar-refractivity contribution in [2.75, 3.05) is 32.1 Å². The van der Waals surface area contributed by atoms with Crippen LogP contribution in [0.4, 0.5) is 5.69 Å². The Morgan fingerprint density at radius 2 is 1.93 bits per heavy atom. The summed E-state index contributed by atoms with van der Waals surface area (Å²) >= 11 is 0. The Morgan fingerprint density at radius 3 is 2.64 bits per heavy atom. The number of nitrogens with zero attached hydrogens (tertiary/aromatic N) is 1. The Balaban J connectivity index is 1.87. The summed E-state index contributed by atoms with van der Waals surface area (Å²) in [5, 5.41) is 0.694. The van der Waals surface area contributed by atoms with Crippen LogP contribution in [0.15, 0.2) is 57.8 Å². The summed E-state index contributed by atoms with van der Waals surface area (Å²) in [7, 11) is -0.395. The molecule has 148 valence electrons. The topological polar surface area (TPSA) is 115 Å². The smallest absolute Gasteiger partial charge is 0.300 e. The molecule has 3 rings (SSSR count). The molecule has 0 radical (unpaired) electrons. The number of furan rings is 1. The van der Waals surface area contributed by atoms with Gasteiger partial charge in [-0.15, -0.1) is 0 Å². The molecule has 3 aromatic rings. The summed E-state index contributed by atoms with van der Waals surface area (Å²) in [4.78, 5) is 14.2. The van der Waals surface area contributed by atoms with Crippen molar-refractivity contribution in [3.63, 3.8) is 0 Å². The van der Waals surface area contributed by atoms with Crippen molar-refractivity contribution >= 4 is 32.6 Å². The summed E-state index contributed by atoms with van der Waals surface area (Å²) in [6.45, 7) is 0.382. The maximum Gasteiger partial charge on any atom is 0.300 e. The molecule has 8 nitrogen and oxygen atoms in total. The molecule has 0 aliphatic rings. The van der Waals surface area contributed by atoms with Crippen molar-refractivity contribution in [1.29, 1.82) is 0 Å². The van der Waals surface area contributed by atoms with Crippen molar-refractivity contribution in [2.45, 2.75) is 4.90 Å². The third-order valence-electron chi connectivity index (χ3n) is 3.99. The number of nitrogens with two attached hydrogens (primary N) is 1. The number of carbonyl (C=O) groups excluding carboxylic acids is 1. The fourth-order valence-electron chi connectivity index (χ4n) is 2.60. The lowest BCUT2D eigenvalue weighted by Crippen LogP contribution is -2.30. The fraction of sp³-hybridized carbons (Fsp3) is 0.211. The molecular weight excluding hydrogens is 382 g/mol. The van der Waals surface area contributed by atoms with Gasteiger partial charge in [0.25, 0.3) is 10.0 Å². The van der Waals surface area contributed by atoms with Gasteiger partial charge in [0, 0.05) is 37.8 Å². The van der Waals surface area contributed by atoms with Crippen LogP contribution in [0.5, 0.6) is 5.75 Å². The van der Waals surface area contributed by atoms with E-state index < -0.39 is 15.9 Å². The van der Waals surface area contributed by atoms with Gasteiger partial charge in [-0.1, -0.05) is 12.1 Å². The molecule has 0 saturated carbocycles. The summed E-state index contributed by atoms with van der Waals surface area (Å²) in [5.41, 5.74) is 6.78. The number of fused-ring (bicyclic) bond motifs is 1. The molecule has 1 heterocycles. The van der Waals surface area contributed by atoms with Crippen LogP contribution in [0.25, 0.3) is 11.0 Å². The number of hydrogen-bond donors (Lipinski definition) is 2. The molecule has 0 aliphatic carbocycles. The van der Waals surface area contributed by atoms with Crippen molar-refractivity contribution in [2.24, 2.45) is 5.73 Å². The molecule has 0 unspecified atom stereocenters. The number of carbonyl (C=O) groups is 1. The Bertz CT molecular complexity index is 1110. The minimum atomic E-state index is -4.16. The minimum Gasteiger partial charge on any atom is -0.491 e. The van der Waals surface area contributed by atoms with E-state index in [9.17, 15) is 13.2 Å². The third-order valence-corrected chi connectivity index (χ3v) is 5.36. The van der Waals surface area contributed by atoms with Crippen molar-refractivity contribution in [1.82, 2.24) is 4.72 Å². The van der Waals surface area contributed by atoms with E-state index in [1.54, 1.807) is 18.2 Å². The van der Waals surface area contributed by atoms with Crippen LogP contribution < -0.4 is 20.1 Å². The van der Waals surface area contributed by atoms with Gasteiger partial charge in [0.1, 0.15) is 22.8 Å². The van der Waals surface area contributed by atoms with Gasteiger partial charge in [-0.2, -0.15) is 0 Å². The number of sulfonamides is 1. The van der Waals surface area contributed by atoms with Gasteiger partial charge >= 0.3 is 5.91 Å². The van der Waals surface area contributed by atoms with Gasteiger partial charge in [-0.3, -0.25) is 4.79 Å². The van der Waals surface area contributed by atoms with Gasteiger partial charge < -0.3 is 19.8 Å². The zero-order chi connectivity index (χ0) is 20.3. The highest BCUT2D eigenvalue weighted by molar-refractivity contribution is 7.90. The van der Waals surface area contributed by atoms with Crippen LogP contribution in [0.3, 0.4) is 0 Å². The van der Waals surface area contributed by atoms with E-state index in [-0.39, 0.29) is 29.6 Å². The summed E-state index contributed by atoms with van der Waals surface area (Å²) in [6, 6.07) is 13.0. The first-order valence-corrected chi connectivity index (χ1v) is 10.00. The molecule has 0 aliphatic heterocycles. The van der Waals surface area contributed by atoms with Gasteiger partial charge in [0.15, 0.2) is 5.76 Å². The maximum absolute atomic E-state index is 12.7. The third kappa shape index (κ3) is 4.10. The van der Waals surface area contributed by atoms with E-state index >= 15 is 0 Å². The molecule has 28 heavy (non-hydrogen) atoms. The number of ether oxygens (including phenoxy) is 1. The molecule has 1 aromatic heterocycles. The average Bonchev–Trinajstić information content (AvgIpc) is 3.09. The Kier molecular flexibility index (Phi) is 5.57. The second-order valence-electron chi connectivity index (χ2n) is 6.25. The quantitative estimate of drug-likeness (QED) is 0.620. The van der Waals surface area contributed by atoms with Gasteiger partial charge in [0.05, 0.1) is 0 Å². The number of nitrogens with one attached hydrogen (secondary N) is 1. The molecular formula is C19H21N3O5S. The summed E-state index contributed by atoms with van der Waals surface area (Å²) in [6.07, 6.45) is 0. The van der Waals surface area contributed by atoms with E-state index in [2.05, 4.69) is 0 Å². The first-order chi connectivity index (χ1) is 13.3. The largest absolute Gasteiger partial charge is 0.491 e. The van der Waals surface area contributed by atoms with E-state index in [1.165, 1.54) is 24.3 Å². The average molecular weight is 403 g/mol. The highest BCUT2D eigenvalue weighted by atomic mass is 32.2. The second-order valence-corrected chi connectivity index (χ2v) is 7.90. The van der Waals surface area contributed by atoms with E-state index in [0.29, 0.717) is 11.0 Å². The zero-order valence-corrected chi connectivity index (χ0v) is 16.3. The predicted molar refractivity (Wildman–Crippen MR) is 106 cm³/mol. The zero-order valence-electron chi connectivity index (χ0n) is 15.5. The summed E-state index contributed by atoms with van der Waals surface area (Å²) < 4.78 is 38.3. The van der Waals surface area contributed by atoms with Gasteiger partial charge in [-0.05, 0) is 30.3 Å². The van der Waals surface area contributed by atoms with Gasteiger partial charge in [0.2, 0.25) is 0 Å². The van der Waals surface area contributed by atoms with Crippen LogP contribution in [0.2, 0.25) is 0 Å². The molecule has 0 fully saturated rings. The lowest BCUT2D eigenvalue weighted by molar-refractivity contribution is 0.0956. The number of amides is 1. The number of para-hydroxylation sites is 1. The highest BCUT2D eigenvalue weighted by Crippen LogP contribution is 2.26. The van der Waals surface area contributed by atoms with E-state index in [1.807, 2.05) is 29.8 Å². The second kappa shape index (κ2) is 7.91. The molecule has 3 N–H and O–H groups in total. The Hall–Kier alpha value is -3.04. The number of anilines is 1. The lowest BCUT2D eigenvalue weighted by atomic mass is 10.2. The normalized spacial score (nSPS) is 11.4. The van der Waals surface area contributed by atoms with Crippen LogP contribution in [0, 0.1) is 0 Å². The maximum atomic E-state index is 12.7. The van der Waals surface area contributed by atoms with Crippen LogP contribution >= 0.6 is 0 Å². The minimum absolute atomic E-state index is 0.102. The van der Waals surface area contributed by atoms with Crippen molar-refractivity contribution < 1.29 is 22.4 Å². The van der Waals surface area contributed by atoms with Crippen LogP contribution in [0.1, 0.15) is 10.6 Å². The molecule has 0 saturated heterocycles. The molecule has 0 bridgehead atoms. The predicted octanol–water partition coefficient (Wildman–Crippen LogP) is 1.96. The van der Waals surface area contributed by atoms with Crippen molar-refractivity contribution in [3.8, 4) is 5.75 Å². The molecule has 2 aromatic carbocycles. The number of rotatable bonds is 7. The van der Waals surface area contributed by atoms with Crippen molar-refractivity contribution in [3.05, 3.63) is 54.3 Å². The van der Waals surface area contributed by atoms with Crippen LogP contribution in [-0.2, 0) is 10.0 Å². The number of hydrogen-bond acceptors (Lipinski definition) is 7. The summed E-state index contributed by atoms with van der Waals surface area (Å²) in [5.74, 6) is -0.848. The fourth-order valence-corrected chi connectivity index (χ4v) is 3.70. The Morgan fingerprint density at radius 1 is 1.18 bits per heavy atom. The SMILES string of the molecule is CN(C)c1ccc2cc(C(=O)NS(=O)(=O)c3ccccc3OCCN)oc2c1. The van der Waals surface area contributed by atoms with Crippen LogP contribution in [-0.4, -0.2) is 41.6 Å². The van der Waals surface area contributed by atoms with E-state index in [0.717, 1.165) is 5.69 Å². The molecule has 0 atom stereocenters. The van der Waals surface area contributed by atoms with Gasteiger partial charge in [-0.25, -0.2) is 13.1 Å². The Labute approximate surface area is 162 Å². The molecule has 9 heteroatoms. The monoisotopic (exact) mass is 403 g/mol. The lowest BCUT2D eigenvalue weighted by Gasteiger charge is -2.11. The van der Waals surface area contributed by atoms with E-state index in [4.69, 9.17) is 14.9 Å². The first-order valence-electron chi connectivity index (χ1n) is 8.52. The number of benzene rings is 2. The standard InChI is InChI=1S/C19H21N3O5S/c1-22(2)14-8-7-13-11-17(27-16(13)12-14)19(23)21-28(24,25)18-6-4-3-5-15(18)26-10-9-20/h3-8,11-12H,9-10,20H2,1-2H3,(H,21,23).